The van der Waals surface area contributed by atoms with Crippen molar-refractivity contribution in [3.63, 3.8) is 0 Å². The molecule has 0 radical (unpaired) electrons. The molecule has 0 spiro atoms. The van der Waals surface area contributed by atoms with E-state index in [4.69, 9.17) is 38.3 Å². The number of hydrogen-bond donors (Lipinski definition) is 6. The molecule has 2 saturated heterocycles. The number of nitrogens with one attached hydrogen (secondary N) is 3. The SMILES string of the molecule is COc1cc2c(cc1-c1cccc(NC(=O)NCCOCCOCCOCCOCCNC(=O)CN3CCN(CC(=O)O)CCN(CC(=O)O)CCN(CC(=O)O)CC3)c1)-c1c(c(C(=O)N3CCOCC3(C)C)nn1-c1cc(C)cc(C)c1)CO2. The highest BCUT2D eigenvalue weighted by Crippen LogP contribution is 2.47. The number of ether oxygens (including phenoxy) is 7. The second kappa shape index (κ2) is 32.3. The Hall–Kier alpha value is -7.27. The Balaban J connectivity index is 0.788. The summed E-state index contributed by atoms with van der Waals surface area (Å²) < 4.78 is 42.3. The fraction of sp³-hybridized carbons (Fsp3) is 0.542. The molecule has 6 N–H and O–H groups in total. The standard InChI is InChI=1S/C59H82N10O16/c1-41-29-42(2)31-45(30-41)69-56-47-33-46(49(79-5)34-50(47)85-39-48(56)55(63-69)57(77)68-19-22-84-40-59(68,3)4)43-7-6-8-44(32-43)62-58(78)61-10-21-81-24-26-83-28-27-82-25-23-80-20-9-60-51(70)35-64-11-13-65(36-52(71)72)15-17-67(38-54(75)76)18-16-66(14-12-64)37-53(73)74/h6-8,29-34H,9-28,35-40H2,1-5H3,(H,60,70)(H,71,72)(H,73,74)(H,75,76)(H2,61,62,78). The third-order valence-electron chi connectivity index (χ3n) is 14.5. The Morgan fingerprint density at radius 2 is 1.16 bits per heavy atom. The lowest BCUT2D eigenvalue weighted by molar-refractivity contribution is -0.140. The molecule has 464 valence electrons. The number of urea groups is 1. The van der Waals surface area contributed by atoms with Gasteiger partial charge in [0.2, 0.25) is 5.91 Å². The van der Waals surface area contributed by atoms with Crippen LogP contribution in [0.15, 0.2) is 54.6 Å². The molecule has 0 saturated carbocycles. The Bertz CT molecular complexity index is 2870. The minimum Gasteiger partial charge on any atom is -0.496 e. The summed E-state index contributed by atoms with van der Waals surface area (Å²) in [6.45, 7) is 14.1. The van der Waals surface area contributed by atoms with Crippen molar-refractivity contribution in [2.45, 2.75) is 39.8 Å². The highest BCUT2D eigenvalue weighted by atomic mass is 16.6. The van der Waals surface area contributed by atoms with Crippen LogP contribution in [0.1, 0.15) is 41.0 Å². The number of benzene rings is 3. The number of anilines is 1. The largest absolute Gasteiger partial charge is 0.496 e. The maximum absolute atomic E-state index is 14.4. The predicted molar refractivity (Wildman–Crippen MR) is 313 cm³/mol. The van der Waals surface area contributed by atoms with Gasteiger partial charge < -0.3 is 69.3 Å². The molecule has 0 bridgehead atoms. The van der Waals surface area contributed by atoms with Crippen molar-refractivity contribution in [3.8, 4) is 39.6 Å². The first-order valence-electron chi connectivity index (χ1n) is 28.6. The van der Waals surface area contributed by atoms with Crippen LogP contribution in [-0.4, -0.2) is 262 Å². The van der Waals surface area contributed by atoms with E-state index in [1.54, 1.807) is 27.9 Å². The van der Waals surface area contributed by atoms with Crippen LogP contribution in [0.5, 0.6) is 11.5 Å². The van der Waals surface area contributed by atoms with E-state index < -0.39 is 29.5 Å². The zero-order chi connectivity index (χ0) is 60.9. The van der Waals surface area contributed by atoms with E-state index in [2.05, 4.69) is 22.0 Å². The van der Waals surface area contributed by atoms with Crippen molar-refractivity contribution < 1.29 is 77.2 Å². The summed E-state index contributed by atoms with van der Waals surface area (Å²) in [6.07, 6.45) is 0. The summed E-state index contributed by atoms with van der Waals surface area (Å²) >= 11 is 0. The number of hydrogen-bond acceptors (Lipinski definition) is 18. The Morgan fingerprint density at radius 3 is 1.69 bits per heavy atom. The number of morpholine rings is 1. The molecule has 85 heavy (non-hydrogen) atoms. The number of carbonyl (C=O) groups is 6. The van der Waals surface area contributed by atoms with Crippen molar-refractivity contribution in [2.75, 3.05) is 177 Å². The second-order valence-electron chi connectivity index (χ2n) is 21.6. The van der Waals surface area contributed by atoms with E-state index in [0.717, 1.165) is 39.2 Å². The third kappa shape index (κ3) is 19.9. The van der Waals surface area contributed by atoms with E-state index in [1.165, 1.54) is 0 Å². The molecule has 0 unspecified atom stereocenters. The number of carbonyl (C=O) groups excluding carboxylic acids is 3. The van der Waals surface area contributed by atoms with Crippen molar-refractivity contribution >= 4 is 41.4 Å². The summed E-state index contributed by atoms with van der Waals surface area (Å²) in [5.41, 5.74) is 6.96. The Morgan fingerprint density at radius 1 is 0.635 bits per heavy atom. The summed E-state index contributed by atoms with van der Waals surface area (Å²) in [6, 6.07) is 17.0. The van der Waals surface area contributed by atoms with Gasteiger partial charge in [0.1, 0.15) is 18.1 Å². The van der Waals surface area contributed by atoms with Gasteiger partial charge in [0, 0.05) is 100 Å². The molecule has 2 fully saturated rings. The van der Waals surface area contributed by atoms with Crippen LogP contribution in [0.3, 0.4) is 0 Å². The minimum absolute atomic E-state index is 0.00851. The van der Waals surface area contributed by atoms with E-state index >= 15 is 0 Å². The lowest BCUT2D eigenvalue weighted by Crippen LogP contribution is -2.55. The fourth-order valence-electron chi connectivity index (χ4n) is 10.3. The topological polar surface area (TPSA) is 298 Å². The quantitative estimate of drug-likeness (QED) is 0.0446. The molecule has 1 aromatic heterocycles. The number of carboxylic acids is 3. The predicted octanol–water partition coefficient (Wildman–Crippen LogP) is 2.75. The van der Waals surface area contributed by atoms with Crippen molar-refractivity contribution in [1.82, 2.24) is 44.9 Å². The number of rotatable bonds is 28. The van der Waals surface area contributed by atoms with Crippen molar-refractivity contribution in [1.29, 1.82) is 0 Å². The van der Waals surface area contributed by atoms with Gasteiger partial charge in [-0.05, 0) is 74.7 Å². The summed E-state index contributed by atoms with van der Waals surface area (Å²) in [7, 11) is 1.59. The molecular weight excluding hydrogens is 1100 g/mol. The van der Waals surface area contributed by atoms with Gasteiger partial charge in [0.15, 0.2) is 5.69 Å². The fourth-order valence-corrected chi connectivity index (χ4v) is 10.3. The first kappa shape index (κ1) is 65.3. The van der Waals surface area contributed by atoms with Crippen LogP contribution in [0.25, 0.3) is 28.1 Å². The maximum Gasteiger partial charge on any atom is 0.319 e. The minimum atomic E-state index is -1.03. The molecule has 4 aromatic rings. The summed E-state index contributed by atoms with van der Waals surface area (Å²) in [5, 5.41) is 41.9. The lowest BCUT2D eigenvalue weighted by atomic mass is 9.95. The smallest absolute Gasteiger partial charge is 0.319 e. The number of aromatic nitrogens is 2. The molecular formula is C59H82N10O16. The maximum atomic E-state index is 14.4. The molecule has 7 rings (SSSR count). The molecule has 3 aromatic carbocycles. The number of aryl methyl sites for hydroxylation is 2. The lowest BCUT2D eigenvalue weighted by Gasteiger charge is -2.41. The number of fused-ring (bicyclic) bond motifs is 3. The average Bonchev–Trinajstić information content (AvgIpc) is 1.81. The molecule has 0 aliphatic carbocycles. The highest BCUT2D eigenvalue weighted by Gasteiger charge is 2.39. The third-order valence-corrected chi connectivity index (χ3v) is 14.5. The van der Waals surface area contributed by atoms with Crippen LogP contribution in [0, 0.1) is 13.8 Å². The number of methoxy groups -OCH3 is 1. The van der Waals surface area contributed by atoms with Gasteiger partial charge in [-0.15, -0.1) is 0 Å². The first-order valence-corrected chi connectivity index (χ1v) is 28.6. The Labute approximate surface area is 495 Å². The summed E-state index contributed by atoms with van der Waals surface area (Å²) in [4.78, 5) is 83.7. The monoisotopic (exact) mass is 1190 g/mol. The molecule has 4 amide bonds. The molecule has 4 heterocycles. The van der Waals surface area contributed by atoms with Gasteiger partial charge in [-0.3, -0.25) is 43.6 Å². The van der Waals surface area contributed by atoms with Gasteiger partial charge >= 0.3 is 23.9 Å². The number of nitrogens with zero attached hydrogens (tertiary/aromatic N) is 7. The zero-order valence-corrected chi connectivity index (χ0v) is 49.4. The van der Waals surface area contributed by atoms with Crippen molar-refractivity contribution in [2.24, 2.45) is 0 Å². The molecule has 26 nitrogen and oxygen atoms in total. The van der Waals surface area contributed by atoms with Crippen LogP contribution >= 0.6 is 0 Å². The van der Waals surface area contributed by atoms with Crippen LogP contribution in [-0.2, 0) is 49.5 Å². The number of aliphatic carboxylic acids is 3. The van der Waals surface area contributed by atoms with Crippen LogP contribution < -0.4 is 25.4 Å². The van der Waals surface area contributed by atoms with E-state index in [1.807, 2.05) is 84.6 Å². The number of carboxylic acid groups (broad SMARTS) is 3. The second-order valence-corrected chi connectivity index (χ2v) is 21.6. The van der Waals surface area contributed by atoms with Gasteiger partial charge in [-0.2, -0.15) is 5.10 Å². The van der Waals surface area contributed by atoms with Gasteiger partial charge in [0.25, 0.3) is 5.91 Å². The highest BCUT2D eigenvalue weighted by molar-refractivity contribution is 5.98. The van der Waals surface area contributed by atoms with Gasteiger partial charge in [-0.25, -0.2) is 9.48 Å². The average molecular weight is 1190 g/mol. The molecule has 3 aliphatic heterocycles. The summed E-state index contributed by atoms with van der Waals surface area (Å²) in [5.74, 6) is -2.39. The molecule has 0 atom stereocenters. The van der Waals surface area contributed by atoms with Crippen LogP contribution in [0.4, 0.5) is 10.5 Å². The van der Waals surface area contributed by atoms with E-state index in [-0.39, 0.29) is 97.1 Å². The molecule has 3 aliphatic rings. The van der Waals surface area contributed by atoms with E-state index in [0.29, 0.717) is 114 Å². The molecule has 26 heteroatoms. The van der Waals surface area contributed by atoms with Gasteiger partial charge in [0.05, 0.1) is 116 Å². The first-order chi connectivity index (χ1) is 40.9. The number of amides is 4. The van der Waals surface area contributed by atoms with E-state index in [9.17, 15) is 44.1 Å². The van der Waals surface area contributed by atoms with Gasteiger partial charge in [-0.1, -0.05) is 18.2 Å². The normalized spacial score (nSPS) is 16.2. The zero-order valence-electron chi connectivity index (χ0n) is 49.4. The Kier molecular flexibility index (Phi) is 24.8. The van der Waals surface area contributed by atoms with Crippen molar-refractivity contribution in [3.05, 3.63) is 77.0 Å². The van der Waals surface area contributed by atoms with Crippen LogP contribution in [0.2, 0.25) is 0 Å².